The number of carboxylic acid groups (broad SMARTS) is 1. The zero-order valence-electron chi connectivity index (χ0n) is 20.4. The second kappa shape index (κ2) is 12.5. The summed E-state index contributed by atoms with van der Waals surface area (Å²) in [4.78, 5) is 41.8. The van der Waals surface area contributed by atoms with Crippen LogP contribution in [0.15, 0.2) is 67.0 Å². The number of benzene rings is 2. The molecule has 0 spiro atoms. The maximum absolute atomic E-state index is 13.7. The molecule has 1 aromatic heterocycles. The highest BCUT2D eigenvalue weighted by molar-refractivity contribution is 7.98. The van der Waals surface area contributed by atoms with E-state index in [2.05, 4.69) is 10.3 Å². The van der Waals surface area contributed by atoms with Gasteiger partial charge in [0, 0.05) is 11.8 Å². The molecule has 0 aliphatic rings. The number of nitrogens with zero attached hydrogens (tertiary/aromatic N) is 2. The van der Waals surface area contributed by atoms with Gasteiger partial charge >= 0.3 is 18.2 Å². The molecule has 0 aliphatic heterocycles. The molecule has 0 unspecified atom stereocenters. The van der Waals surface area contributed by atoms with Crippen LogP contribution in [-0.2, 0) is 15.7 Å². The number of pyridine rings is 1. The molecule has 3 rings (SSSR count). The van der Waals surface area contributed by atoms with Gasteiger partial charge in [-0.2, -0.15) is 24.9 Å². The summed E-state index contributed by atoms with van der Waals surface area (Å²) < 4.78 is 45.8. The summed E-state index contributed by atoms with van der Waals surface area (Å²) in [6.07, 6.45) is -2.62. The van der Waals surface area contributed by atoms with Crippen LogP contribution in [-0.4, -0.2) is 53.2 Å². The second-order valence-corrected chi connectivity index (χ2v) is 8.92. The topological polar surface area (TPSA) is 109 Å². The lowest BCUT2D eigenvalue weighted by atomic mass is 9.97. The zero-order valence-corrected chi connectivity index (χ0v) is 21.2. The number of carbonyl (C=O) groups excluding carboxylic acids is 2. The monoisotopic (exact) mass is 547 g/mol. The molecular weight excluding hydrogens is 523 g/mol. The van der Waals surface area contributed by atoms with Crippen molar-refractivity contribution in [1.82, 2.24) is 10.3 Å². The Hall–Kier alpha value is -4.06. The van der Waals surface area contributed by atoms with E-state index < -0.39 is 41.4 Å². The molecule has 38 heavy (non-hydrogen) atoms. The van der Waals surface area contributed by atoms with Gasteiger partial charge in [-0.05, 0) is 53.8 Å². The second-order valence-electron chi connectivity index (χ2n) is 7.94. The summed E-state index contributed by atoms with van der Waals surface area (Å²) in [7, 11) is 1.21. The number of methoxy groups -OCH3 is 1. The summed E-state index contributed by atoms with van der Waals surface area (Å²) >= 11 is 1.48. The van der Waals surface area contributed by atoms with Gasteiger partial charge in [0.15, 0.2) is 0 Å². The van der Waals surface area contributed by atoms with Crippen molar-refractivity contribution in [3.05, 3.63) is 78.1 Å². The minimum Gasteiger partial charge on any atom is -0.467 e. The van der Waals surface area contributed by atoms with Gasteiger partial charge < -0.3 is 15.2 Å². The Labute approximate surface area is 220 Å². The molecule has 1 heterocycles. The predicted molar refractivity (Wildman–Crippen MR) is 138 cm³/mol. The van der Waals surface area contributed by atoms with E-state index in [4.69, 9.17) is 4.74 Å². The Morgan fingerprint density at radius 2 is 1.84 bits per heavy atom. The number of halogens is 3. The lowest BCUT2D eigenvalue weighted by molar-refractivity contribution is -0.143. The SMILES string of the molecule is COC(=O)[C@H](CCSC)NC(=O)c1ccc(N(C(=O)O)c2cnccc2C(F)(F)F)cc1-c1ccccc1. The van der Waals surface area contributed by atoms with Crippen molar-refractivity contribution in [3.8, 4) is 11.1 Å². The van der Waals surface area contributed by atoms with Crippen LogP contribution in [0.1, 0.15) is 22.3 Å². The lowest BCUT2D eigenvalue weighted by Gasteiger charge is -2.24. The minimum atomic E-state index is -4.84. The standard InChI is InChI=1S/C26H24F3N3O5S/c1-37-24(34)21(11-13-38-2)31-23(33)18-9-8-17(14-19(18)16-6-4-3-5-7-16)32(25(35)36)22-15-30-12-10-20(22)26(27,28)29/h3-10,12,14-15,21H,11,13H2,1-2H3,(H,31,33)(H,35,36)/t21-/m0/s1. The molecule has 8 nitrogen and oxygen atoms in total. The van der Waals surface area contributed by atoms with E-state index in [1.54, 1.807) is 30.3 Å². The molecule has 0 aliphatic carbocycles. The number of aromatic nitrogens is 1. The van der Waals surface area contributed by atoms with Crippen LogP contribution in [0.25, 0.3) is 11.1 Å². The predicted octanol–water partition coefficient (Wildman–Crippen LogP) is 5.61. The maximum atomic E-state index is 13.7. The normalized spacial score (nSPS) is 11.9. The summed E-state index contributed by atoms with van der Waals surface area (Å²) in [6.45, 7) is 0. The summed E-state index contributed by atoms with van der Waals surface area (Å²) in [6, 6.07) is 12.0. The number of anilines is 2. The van der Waals surface area contributed by atoms with Crippen molar-refractivity contribution in [3.63, 3.8) is 0 Å². The van der Waals surface area contributed by atoms with E-state index >= 15 is 0 Å². The minimum absolute atomic E-state index is 0.0885. The number of alkyl halides is 3. The van der Waals surface area contributed by atoms with Crippen molar-refractivity contribution >= 4 is 41.1 Å². The fourth-order valence-corrected chi connectivity index (χ4v) is 4.22. The molecule has 0 fully saturated rings. The molecule has 0 saturated carbocycles. The molecule has 2 amide bonds. The van der Waals surface area contributed by atoms with Crippen LogP contribution >= 0.6 is 11.8 Å². The van der Waals surface area contributed by atoms with E-state index in [1.807, 2.05) is 6.26 Å². The fraction of sp³-hybridized carbons (Fsp3) is 0.231. The first-order valence-corrected chi connectivity index (χ1v) is 12.6. The van der Waals surface area contributed by atoms with Gasteiger partial charge in [0.05, 0.1) is 30.2 Å². The third kappa shape index (κ3) is 6.62. The van der Waals surface area contributed by atoms with Crippen molar-refractivity contribution in [2.45, 2.75) is 18.6 Å². The Morgan fingerprint density at radius 3 is 2.45 bits per heavy atom. The van der Waals surface area contributed by atoms with Gasteiger partial charge in [-0.3, -0.25) is 9.78 Å². The number of hydrogen-bond acceptors (Lipinski definition) is 6. The average molecular weight is 548 g/mol. The summed E-state index contributed by atoms with van der Waals surface area (Å²) in [5.74, 6) is -0.685. The zero-order chi connectivity index (χ0) is 27.9. The number of ether oxygens (including phenoxy) is 1. The number of thioether (sulfide) groups is 1. The van der Waals surface area contributed by atoms with E-state index in [-0.39, 0.29) is 16.8 Å². The Balaban J connectivity index is 2.13. The lowest BCUT2D eigenvalue weighted by Crippen LogP contribution is -2.42. The smallest absolute Gasteiger partial charge is 0.418 e. The molecule has 0 bridgehead atoms. The molecule has 12 heteroatoms. The van der Waals surface area contributed by atoms with Crippen LogP contribution in [0.3, 0.4) is 0 Å². The molecule has 0 radical (unpaired) electrons. The number of amides is 2. The first kappa shape index (κ1) is 28.5. The summed E-state index contributed by atoms with van der Waals surface area (Å²) in [5, 5.41) is 12.5. The first-order chi connectivity index (χ1) is 18.1. The number of esters is 1. The van der Waals surface area contributed by atoms with Gasteiger partial charge in [0.2, 0.25) is 0 Å². The molecule has 3 aromatic rings. The van der Waals surface area contributed by atoms with Crippen molar-refractivity contribution in [2.75, 3.05) is 24.0 Å². The molecule has 1 atom stereocenters. The van der Waals surface area contributed by atoms with Gasteiger partial charge in [0.25, 0.3) is 5.91 Å². The maximum Gasteiger partial charge on any atom is 0.418 e. The van der Waals surface area contributed by atoms with Crippen LogP contribution in [0.5, 0.6) is 0 Å². The largest absolute Gasteiger partial charge is 0.467 e. The average Bonchev–Trinajstić information content (AvgIpc) is 2.90. The quantitative estimate of drug-likeness (QED) is 0.335. The van der Waals surface area contributed by atoms with Crippen LogP contribution in [0.4, 0.5) is 29.3 Å². The number of rotatable bonds is 9. The van der Waals surface area contributed by atoms with Gasteiger partial charge in [-0.15, -0.1) is 0 Å². The highest BCUT2D eigenvalue weighted by atomic mass is 32.2. The van der Waals surface area contributed by atoms with Crippen LogP contribution in [0, 0.1) is 0 Å². The van der Waals surface area contributed by atoms with Crippen molar-refractivity contribution < 1.29 is 37.4 Å². The first-order valence-electron chi connectivity index (χ1n) is 11.2. The number of nitrogens with one attached hydrogen (secondary N) is 1. The molecule has 0 saturated heterocycles. The fourth-order valence-electron chi connectivity index (χ4n) is 3.75. The van der Waals surface area contributed by atoms with Gasteiger partial charge in [0.1, 0.15) is 6.04 Å². The Morgan fingerprint density at radius 1 is 1.13 bits per heavy atom. The Bertz CT molecular complexity index is 1300. The highest BCUT2D eigenvalue weighted by Crippen LogP contribution is 2.40. The number of carbonyl (C=O) groups is 3. The third-order valence-corrected chi connectivity index (χ3v) is 6.17. The van der Waals surface area contributed by atoms with Crippen molar-refractivity contribution in [1.29, 1.82) is 0 Å². The third-order valence-electron chi connectivity index (χ3n) is 5.53. The molecule has 2 aromatic carbocycles. The van der Waals surface area contributed by atoms with E-state index in [0.717, 1.165) is 12.4 Å². The van der Waals surface area contributed by atoms with E-state index in [9.17, 15) is 32.7 Å². The van der Waals surface area contributed by atoms with Crippen LogP contribution in [0.2, 0.25) is 0 Å². The van der Waals surface area contributed by atoms with Crippen molar-refractivity contribution in [2.24, 2.45) is 0 Å². The molecular formula is C26H24F3N3O5S. The number of hydrogen-bond donors (Lipinski definition) is 2. The molecule has 200 valence electrons. The Kier molecular flexibility index (Phi) is 9.35. The van der Waals surface area contributed by atoms with Gasteiger partial charge in [-0.25, -0.2) is 14.5 Å². The van der Waals surface area contributed by atoms with Gasteiger partial charge in [-0.1, -0.05) is 30.3 Å². The highest BCUT2D eigenvalue weighted by Gasteiger charge is 2.37. The summed E-state index contributed by atoms with van der Waals surface area (Å²) in [5.41, 5.74) is -1.17. The molecule has 2 N–H and O–H groups in total. The van der Waals surface area contributed by atoms with E-state index in [1.165, 1.54) is 37.1 Å². The van der Waals surface area contributed by atoms with Crippen LogP contribution < -0.4 is 10.2 Å². The van der Waals surface area contributed by atoms with E-state index in [0.29, 0.717) is 28.7 Å².